The van der Waals surface area contributed by atoms with E-state index in [1.165, 1.54) is 15.6 Å². The fourth-order valence-corrected chi connectivity index (χ4v) is 5.91. The lowest BCUT2D eigenvalue weighted by Crippen LogP contribution is -2.50. The van der Waals surface area contributed by atoms with E-state index in [4.69, 9.17) is 4.52 Å². The predicted octanol–water partition coefficient (Wildman–Crippen LogP) is 2.75. The minimum atomic E-state index is -3.73. The number of rotatable bonds is 5. The molecule has 9 nitrogen and oxygen atoms in total. The number of piperazine rings is 1. The lowest BCUT2D eigenvalue weighted by molar-refractivity contribution is 0.0697. The summed E-state index contributed by atoms with van der Waals surface area (Å²) in [5.41, 5.74) is 1.39. The SMILES string of the molecule is Cc1noc(C)c1S(=O)(=O)N1CCN(C(=O)c2ccc(NC(=O)c3cccs3)cc2)CC1. The molecule has 2 amide bonds. The Balaban J connectivity index is 1.38. The van der Waals surface area contributed by atoms with Gasteiger partial charge < -0.3 is 14.7 Å². The topological polar surface area (TPSA) is 113 Å². The summed E-state index contributed by atoms with van der Waals surface area (Å²) in [7, 11) is -3.73. The lowest BCUT2D eigenvalue weighted by Gasteiger charge is -2.34. The number of carbonyl (C=O) groups is 2. The summed E-state index contributed by atoms with van der Waals surface area (Å²) in [5, 5.41) is 8.35. The summed E-state index contributed by atoms with van der Waals surface area (Å²) in [4.78, 5) is 27.3. The highest BCUT2D eigenvalue weighted by Gasteiger charge is 2.34. The third kappa shape index (κ3) is 4.31. The molecule has 0 radical (unpaired) electrons. The maximum atomic E-state index is 12.9. The Hall–Kier alpha value is -3.02. The highest BCUT2D eigenvalue weighted by Crippen LogP contribution is 2.24. The molecule has 3 aromatic rings. The molecule has 0 unspecified atom stereocenters. The maximum absolute atomic E-state index is 12.9. The van der Waals surface area contributed by atoms with Crippen molar-refractivity contribution in [2.45, 2.75) is 18.7 Å². The van der Waals surface area contributed by atoms with Crippen molar-refractivity contribution in [2.24, 2.45) is 0 Å². The van der Waals surface area contributed by atoms with Crippen LogP contribution in [0.2, 0.25) is 0 Å². The number of sulfonamides is 1. The van der Waals surface area contributed by atoms with Gasteiger partial charge in [0.2, 0.25) is 10.0 Å². The largest absolute Gasteiger partial charge is 0.360 e. The van der Waals surface area contributed by atoms with Gasteiger partial charge in [0.1, 0.15) is 10.6 Å². The first-order valence-electron chi connectivity index (χ1n) is 9.94. The number of nitrogens with one attached hydrogen (secondary N) is 1. The Kier molecular flexibility index (Phi) is 6.13. The van der Waals surface area contributed by atoms with Crippen LogP contribution in [0.5, 0.6) is 0 Å². The number of aryl methyl sites for hydroxylation is 2. The van der Waals surface area contributed by atoms with E-state index in [-0.39, 0.29) is 48.6 Å². The molecule has 1 saturated heterocycles. The van der Waals surface area contributed by atoms with Crippen molar-refractivity contribution in [3.05, 3.63) is 63.7 Å². The number of hydrogen-bond acceptors (Lipinski definition) is 7. The van der Waals surface area contributed by atoms with Crippen LogP contribution in [-0.2, 0) is 10.0 Å². The van der Waals surface area contributed by atoms with Crippen molar-refractivity contribution in [1.82, 2.24) is 14.4 Å². The van der Waals surface area contributed by atoms with Crippen molar-refractivity contribution in [3.8, 4) is 0 Å². The van der Waals surface area contributed by atoms with Gasteiger partial charge in [0.25, 0.3) is 11.8 Å². The van der Waals surface area contributed by atoms with Crippen molar-refractivity contribution >= 4 is 38.9 Å². The maximum Gasteiger partial charge on any atom is 0.265 e. The van der Waals surface area contributed by atoms with Crippen LogP contribution in [0.1, 0.15) is 31.5 Å². The van der Waals surface area contributed by atoms with E-state index in [0.29, 0.717) is 21.8 Å². The molecule has 0 spiro atoms. The van der Waals surface area contributed by atoms with Gasteiger partial charge in [0.05, 0.1) is 4.88 Å². The zero-order chi connectivity index (χ0) is 22.9. The Bertz CT molecular complexity index is 1210. The number of hydrogen-bond donors (Lipinski definition) is 1. The minimum absolute atomic E-state index is 0.0949. The average molecular weight is 475 g/mol. The second-order valence-electron chi connectivity index (χ2n) is 7.36. The van der Waals surface area contributed by atoms with Crippen molar-refractivity contribution in [3.63, 3.8) is 0 Å². The number of thiophene rings is 1. The lowest BCUT2D eigenvalue weighted by atomic mass is 10.1. The number of amides is 2. The van der Waals surface area contributed by atoms with Gasteiger partial charge in [-0.2, -0.15) is 4.31 Å². The molecule has 0 saturated carbocycles. The monoisotopic (exact) mass is 474 g/mol. The average Bonchev–Trinajstić information content (AvgIpc) is 3.44. The quantitative estimate of drug-likeness (QED) is 0.608. The number of anilines is 1. The highest BCUT2D eigenvalue weighted by molar-refractivity contribution is 7.89. The summed E-state index contributed by atoms with van der Waals surface area (Å²) in [6, 6.07) is 10.2. The molecule has 0 atom stereocenters. The molecule has 1 aliphatic heterocycles. The molecular formula is C21H22N4O5S2. The summed E-state index contributed by atoms with van der Waals surface area (Å²) < 4.78 is 32.2. The van der Waals surface area contributed by atoms with Crippen LogP contribution >= 0.6 is 11.3 Å². The van der Waals surface area contributed by atoms with Crippen LogP contribution in [0.4, 0.5) is 5.69 Å². The molecule has 3 heterocycles. The van der Waals surface area contributed by atoms with Gasteiger partial charge in [-0.05, 0) is 49.6 Å². The van der Waals surface area contributed by atoms with Gasteiger partial charge in [-0.25, -0.2) is 8.42 Å². The van der Waals surface area contributed by atoms with E-state index >= 15 is 0 Å². The van der Waals surface area contributed by atoms with Crippen molar-refractivity contribution in [2.75, 3.05) is 31.5 Å². The fourth-order valence-electron chi connectivity index (χ4n) is 3.58. The third-order valence-corrected chi connectivity index (χ3v) is 8.24. The van der Waals surface area contributed by atoms with E-state index in [1.54, 1.807) is 55.1 Å². The summed E-state index contributed by atoms with van der Waals surface area (Å²) in [5.74, 6) is -0.127. The second-order valence-corrected chi connectivity index (χ2v) is 10.2. The van der Waals surface area contributed by atoms with Gasteiger partial charge in [0, 0.05) is 37.4 Å². The second kappa shape index (κ2) is 8.85. The number of carbonyl (C=O) groups excluding carboxylic acids is 2. The molecular weight excluding hydrogens is 452 g/mol. The van der Waals surface area contributed by atoms with E-state index in [9.17, 15) is 18.0 Å². The van der Waals surface area contributed by atoms with Crippen LogP contribution in [0.25, 0.3) is 0 Å². The molecule has 11 heteroatoms. The first-order valence-corrected chi connectivity index (χ1v) is 12.3. The molecule has 0 aliphatic carbocycles. The fraction of sp³-hybridized carbons (Fsp3) is 0.286. The van der Waals surface area contributed by atoms with Gasteiger partial charge in [0.15, 0.2) is 5.76 Å². The molecule has 1 aromatic carbocycles. The molecule has 168 valence electrons. The molecule has 1 N–H and O–H groups in total. The van der Waals surface area contributed by atoms with Crippen LogP contribution in [0.15, 0.2) is 51.2 Å². The standard InChI is InChI=1S/C21H22N4O5S2/c1-14-19(15(2)30-23-14)32(28,29)25-11-9-24(10-12-25)21(27)16-5-7-17(8-6-16)22-20(26)18-4-3-13-31-18/h3-8,13H,9-12H2,1-2H3,(H,22,26). The summed E-state index contributed by atoms with van der Waals surface area (Å²) in [6.07, 6.45) is 0. The van der Waals surface area contributed by atoms with Gasteiger partial charge >= 0.3 is 0 Å². The number of aromatic nitrogens is 1. The van der Waals surface area contributed by atoms with E-state index in [2.05, 4.69) is 10.5 Å². The van der Waals surface area contributed by atoms with Gasteiger partial charge in [-0.1, -0.05) is 11.2 Å². The highest BCUT2D eigenvalue weighted by atomic mass is 32.2. The van der Waals surface area contributed by atoms with E-state index < -0.39 is 10.0 Å². The Morgan fingerprint density at radius 1 is 1.06 bits per heavy atom. The number of benzene rings is 1. The van der Waals surface area contributed by atoms with Crippen LogP contribution in [0, 0.1) is 13.8 Å². The normalized spacial score (nSPS) is 15.0. The molecule has 1 aliphatic rings. The molecule has 1 fully saturated rings. The van der Waals surface area contributed by atoms with Gasteiger partial charge in [-0.3, -0.25) is 9.59 Å². The molecule has 4 rings (SSSR count). The first-order chi connectivity index (χ1) is 15.3. The predicted molar refractivity (Wildman–Crippen MR) is 119 cm³/mol. The zero-order valence-electron chi connectivity index (χ0n) is 17.6. The summed E-state index contributed by atoms with van der Waals surface area (Å²) in [6.45, 7) is 4.09. The van der Waals surface area contributed by atoms with E-state index in [0.717, 1.165) is 0 Å². The van der Waals surface area contributed by atoms with Gasteiger partial charge in [-0.15, -0.1) is 11.3 Å². The van der Waals surface area contributed by atoms with Crippen molar-refractivity contribution < 1.29 is 22.5 Å². The third-order valence-electron chi connectivity index (χ3n) is 5.23. The Morgan fingerprint density at radius 3 is 2.31 bits per heavy atom. The van der Waals surface area contributed by atoms with Crippen LogP contribution in [-0.4, -0.2) is 60.8 Å². The first kappa shape index (κ1) is 22.2. The Labute approximate surface area is 189 Å². The molecule has 32 heavy (non-hydrogen) atoms. The molecule has 2 aromatic heterocycles. The summed E-state index contributed by atoms with van der Waals surface area (Å²) >= 11 is 1.35. The zero-order valence-corrected chi connectivity index (χ0v) is 19.2. The minimum Gasteiger partial charge on any atom is -0.360 e. The number of nitrogens with zero attached hydrogens (tertiary/aromatic N) is 3. The molecule has 0 bridgehead atoms. The smallest absolute Gasteiger partial charge is 0.265 e. The Morgan fingerprint density at radius 2 is 1.75 bits per heavy atom. The van der Waals surface area contributed by atoms with Crippen LogP contribution < -0.4 is 5.32 Å². The van der Waals surface area contributed by atoms with Crippen molar-refractivity contribution in [1.29, 1.82) is 0 Å². The van der Waals surface area contributed by atoms with E-state index in [1.807, 2.05) is 5.38 Å². The van der Waals surface area contributed by atoms with Crippen LogP contribution in [0.3, 0.4) is 0 Å².